The van der Waals surface area contributed by atoms with E-state index in [1.807, 2.05) is 60.4 Å². The number of benzene rings is 2. The molecule has 1 aliphatic rings. The van der Waals surface area contributed by atoms with E-state index in [0.29, 0.717) is 19.7 Å². The molecule has 3 rings (SSSR count). The Labute approximate surface area is 142 Å². The summed E-state index contributed by atoms with van der Waals surface area (Å²) < 4.78 is 10.9. The summed E-state index contributed by atoms with van der Waals surface area (Å²) in [7, 11) is 1.63. The lowest BCUT2D eigenvalue weighted by Gasteiger charge is -2.24. The van der Waals surface area contributed by atoms with E-state index < -0.39 is 0 Å². The molecule has 0 radical (unpaired) electrons. The average Bonchev–Trinajstić information content (AvgIpc) is 2.74. The molecule has 0 saturated heterocycles. The van der Waals surface area contributed by atoms with Gasteiger partial charge in [-0.3, -0.25) is 4.79 Å². The molecule has 1 unspecified atom stereocenters. The van der Waals surface area contributed by atoms with Gasteiger partial charge in [-0.25, -0.2) is 0 Å². The van der Waals surface area contributed by atoms with E-state index in [2.05, 4.69) is 5.32 Å². The molecule has 5 heteroatoms. The standard InChI is InChI=1S/C19H22N2O3/c1-14-13-20-17-5-3-4-6-18(17)21(19(14)22)11-12-24-16-9-7-15(23-2)8-10-16/h3-10,14,20H,11-13H2,1-2H3. The van der Waals surface area contributed by atoms with Gasteiger partial charge in [-0.15, -0.1) is 0 Å². The van der Waals surface area contributed by atoms with Crippen molar-refractivity contribution < 1.29 is 14.3 Å². The summed E-state index contributed by atoms with van der Waals surface area (Å²) in [5.74, 6) is 1.60. The number of hydrogen-bond donors (Lipinski definition) is 1. The molecular formula is C19H22N2O3. The second kappa shape index (κ2) is 7.25. The van der Waals surface area contributed by atoms with Gasteiger partial charge in [0, 0.05) is 6.54 Å². The fourth-order valence-corrected chi connectivity index (χ4v) is 2.75. The van der Waals surface area contributed by atoms with Crippen LogP contribution in [0.1, 0.15) is 6.92 Å². The monoisotopic (exact) mass is 326 g/mol. The fourth-order valence-electron chi connectivity index (χ4n) is 2.75. The van der Waals surface area contributed by atoms with Gasteiger partial charge in [-0.1, -0.05) is 19.1 Å². The zero-order valence-electron chi connectivity index (χ0n) is 14.0. The highest BCUT2D eigenvalue weighted by Gasteiger charge is 2.26. The number of methoxy groups -OCH3 is 1. The summed E-state index contributed by atoms with van der Waals surface area (Å²) in [6.07, 6.45) is 0. The summed E-state index contributed by atoms with van der Waals surface area (Å²) in [6.45, 7) is 3.53. The number of fused-ring (bicyclic) bond motifs is 1. The SMILES string of the molecule is COc1ccc(OCCN2C(=O)C(C)CNc3ccccc32)cc1. The van der Waals surface area contributed by atoms with Gasteiger partial charge in [0.15, 0.2) is 0 Å². The third kappa shape index (κ3) is 3.45. The van der Waals surface area contributed by atoms with Gasteiger partial charge < -0.3 is 19.7 Å². The molecular weight excluding hydrogens is 304 g/mol. The Bertz CT molecular complexity index is 700. The largest absolute Gasteiger partial charge is 0.497 e. The highest BCUT2D eigenvalue weighted by molar-refractivity contribution is 5.99. The van der Waals surface area contributed by atoms with Gasteiger partial charge in [0.1, 0.15) is 18.1 Å². The lowest BCUT2D eigenvalue weighted by Crippen LogP contribution is -2.38. The average molecular weight is 326 g/mol. The maximum absolute atomic E-state index is 12.6. The summed E-state index contributed by atoms with van der Waals surface area (Å²) in [4.78, 5) is 14.5. The minimum Gasteiger partial charge on any atom is -0.497 e. The van der Waals surface area contributed by atoms with Gasteiger partial charge in [0.05, 0.1) is 30.9 Å². The van der Waals surface area contributed by atoms with Crippen LogP contribution in [0.25, 0.3) is 0 Å². The lowest BCUT2D eigenvalue weighted by molar-refractivity contribution is -0.121. The van der Waals surface area contributed by atoms with Crippen molar-refractivity contribution in [2.75, 3.05) is 37.0 Å². The molecule has 24 heavy (non-hydrogen) atoms. The minimum absolute atomic E-state index is 0.0709. The lowest BCUT2D eigenvalue weighted by atomic mass is 10.1. The Hall–Kier alpha value is -2.69. The molecule has 0 fully saturated rings. The molecule has 2 aromatic carbocycles. The van der Waals surface area contributed by atoms with E-state index in [0.717, 1.165) is 22.9 Å². The number of amides is 1. The molecule has 1 atom stereocenters. The maximum atomic E-state index is 12.6. The molecule has 0 saturated carbocycles. The first-order chi connectivity index (χ1) is 11.7. The van der Waals surface area contributed by atoms with Gasteiger partial charge in [-0.05, 0) is 36.4 Å². The van der Waals surface area contributed by atoms with Crippen LogP contribution in [-0.4, -0.2) is 32.7 Å². The van der Waals surface area contributed by atoms with Crippen LogP contribution in [0.5, 0.6) is 11.5 Å². The van der Waals surface area contributed by atoms with Crippen molar-refractivity contribution >= 4 is 17.3 Å². The number of nitrogens with one attached hydrogen (secondary N) is 1. The molecule has 1 N–H and O–H groups in total. The Morgan fingerprint density at radius 1 is 1.12 bits per heavy atom. The van der Waals surface area contributed by atoms with E-state index in [1.165, 1.54) is 0 Å². The van der Waals surface area contributed by atoms with Crippen LogP contribution in [0.3, 0.4) is 0 Å². The van der Waals surface area contributed by atoms with Gasteiger partial charge in [0.25, 0.3) is 0 Å². The van der Waals surface area contributed by atoms with Crippen molar-refractivity contribution in [2.45, 2.75) is 6.92 Å². The number of anilines is 2. The smallest absolute Gasteiger partial charge is 0.231 e. The highest BCUT2D eigenvalue weighted by Crippen LogP contribution is 2.29. The Balaban J connectivity index is 1.69. The van der Waals surface area contributed by atoms with E-state index in [-0.39, 0.29) is 11.8 Å². The third-order valence-electron chi connectivity index (χ3n) is 4.12. The first-order valence-corrected chi connectivity index (χ1v) is 8.10. The van der Waals surface area contributed by atoms with Crippen LogP contribution in [-0.2, 0) is 4.79 Å². The molecule has 0 aliphatic carbocycles. The molecule has 0 bridgehead atoms. The van der Waals surface area contributed by atoms with Crippen molar-refractivity contribution in [3.63, 3.8) is 0 Å². The first kappa shape index (κ1) is 16.2. The Kier molecular flexibility index (Phi) is 4.89. The van der Waals surface area contributed by atoms with Gasteiger partial charge in [-0.2, -0.15) is 0 Å². The summed E-state index contributed by atoms with van der Waals surface area (Å²) in [6, 6.07) is 15.3. The zero-order valence-corrected chi connectivity index (χ0v) is 14.0. The van der Waals surface area contributed by atoms with Crippen molar-refractivity contribution in [1.82, 2.24) is 0 Å². The van der Waals surface area contributed by atoms with Crippen molar-refractivity contribution in [2.24, 2.45) is 5.92 Å². The predicted molar refractivity (Wildman–Crippen MR) is 94.9 cm³/mol. The van der Waals surface area contributed by atoms with Gasteiger partial charge >= 0.3 is 0 Å². The normalized spacial score (nSPS) is 16.8. The second-order valence-electron chi connectivity index (χ2n) is 5.81. The van der Waals surface area contributed by atoms with E-state index in [1.54, 1.807) is 7.11 Å². The number of carbonyl (C=O) groups excluding carboxylic acids is 1. The number of carbonyl (C=O) groups is 1. The topological polar surface area (TPSA) is 50.8 Å². The maximum Gasteiger partial charge on any atom is 0.231 e. The number of para-hydroxylation sites is 2. The first-order valence-electron chi connectivity index (χ1n) is 8.10. The molecule has 1 heterocycles. The summed E-state index contributed by atoms with van der Waals surface area (Å²) in [5.41, 5.74) is 1.89. The van der Waals surface area contributed by atoms with Crippen LogP contribution < -0.4 is 19.7 Å². The predicted octanol–water partition coefficient (Wildman–Crippen LogP) is 3.17. The number of rotatable bonds is 5. The Morgan fingerprint density at radius 3 is 2.58 bits per heavy atom. The van der Waals surface area contributed by atoms with E-state index >= 15 is 0 Å². The molecule has 0 spiro atoms. The minimum atomic E-state index is -0.0709. The fraction of sp³-hybridized carbons (Fsp3) is 0.316. The van der Waals surface area contributed by atoms with E-state index in [4.69, 9.17) is 9.47 Å². The second-order valence-corrected chi connectivity index (χ2v) is 5.81. The molecule has 0 aromatic heterocycles. The Morgan fingerprint density at radius 2 is 1.83 bits per heavy atom. The van der Waals surface area contributed by atoms with Crippen LogP contribution in [0.2, 0.25) is 0 Å². The van der Waals surface area contributed by atoms with Crippen molar-refractivity contribution in [1.29, 1.82) is 0 Å². The van der Waals surface area contributed by atoms with Crippen LogP contribution in [0.15, 0.2) is 48.5 Å². The van der Waals surface area contributed by atoms with Crippen LogP contribution in [0, 0.1) is 5.92 Å². The zero-order chi connectivity index (χ0) is 16.9. The molecule has 1 aliphatic heterocycles. The number of ether oxygens (including phenoxy) is 2. The molecule has 2 aromatic rings. The van der Waals surface area contributed by atoms with E-state index in [9.17, 15) is 4.79 Å². The van der Waals surface area contributed by atoms with Crippen molar-refractivity contribution in [3.05, 3.63) is 48.5 Å². The van der Waals surface area contributed by atoms with Crippen LogP contribution >= 0.6 is 0 Å². The quantitative estimate of drug-likeness (QED) is 0.917. The molecule has 126 valence electrons. The van der Waals surface area contributed by atoms with Gasteiger partial charge in [0.2, 0.25) is 5.91 Å². The third-order valence-corrected chi connectivity index (χ3v) is 4.12. The molecule has 1 amide bonds. The summed E-state index contributed by atoms with van der Waals surface area (Å²) in [5, 5.41) is 3.34. The number of hydrogen-bond acceptors (Lipinski definition) is 4. The highest BCUT2D eigenvalue weighted by atomic mass is 16.5. The van der Waals surface area contributed by atoms with Crippen LogP contribution in [0.4, 0.5) is 11.4 Å². The van der Waals surface area contributed by atoms with Crippen molar-refractivity contribution in [3.8, 4) is 11.5 Å². The molecule has 5 nitrogen and oxygen atoms in total. The summed E-state index contributed by atoms with van der Waals surface area (Å²) >= 11 is 0. The number of nitrogens with zero attached hydrogens (tertiary/aromatic N) is 1.